The van der Waals surface area contributed by atoms with Gasteiger partial charge in [0.25, 0.3) is 0 Å². The van der Waals surface area contributed by atoms with Gasteiger partial charge in [0.15, 0.2) is 11.5 Å². The second-order valence-electron chi connectivity index (χ2n) is 5.95. The Morgan fingerprint density at radius 1 is 1.19 bits per heavy atom. The molecule has 0 radical (unpaired) electrons. The van der Waals surface area contributed by atoms with E-state index in [9.17, 15) is 0 Å². The molecule has 21 heavy (non-hydrogen) atoms. The summed E-state index contributed by atoms with van der Waals surface area (Å²) in [5.74, 6) is 2.19. The van der Waals surface area contributed by atoms with E-state index in [0.29, 0.717) is 18.5 Å². The van der Waals surface area contributed by atoms with E-state index in [1.807, 2.05) is 18.2 Å². The number of benzene rings is 1. The van der Waals surface area contributed by atoms with Crippen molar-refractivity contribution in [1.82, 2.24) is 0 Å². The van der Waals surface area contributed by atoms with Gasteiger partial charge in [0.2, 0.25) is 0 Å². The molecule has 0 bridgehead atoms. The van der Waals surface area contributed by atoms with Crippen LogP contribution in [0.1, 0.15) is 44.2 Å². The summed E-state index contributed by atoms with van der Waals surface area (Å²) in [5.41, 5.74) is 7.25. The molecule has 3 atom stereocenters. The third kappa shape index (κ3) is 4.35. The molecule has 0 aromatic heterocycles. The Morgan fingerprint density at radius 3 is 2.62 bits per heavy atom. The van der Waals surface area contributed by atoms with Crippen LogP contribution in [0.2, 0.25) is 0 Å². The summed E-state index contributed by atoms with van der Waals surface area (Å²) < 4.78 is 16.6. The SMILES string of the molecule is COc1ccc(C(N)COC2CCCC(C)C2)cc1OC. The van der Waals surface area contributed by atoms with Crippen LogP contribution in [0.15, 0.2) is 18.2 Å². The lowest BCUT2D eigenvalue weighted by atomic mass is 9.89. The van der Waals surface area contributed by atoms with Gasteiger partial charge in [0.05, 0.1) is 33.0 Å². The quantitative estimate of drug-likeness (QED) is 0.874. The van der Waals surface area contributed by atoms with Gasteiger partial charge in [0.1, 0.15) is 0 Å². The van der Waals surface area contributed by atoms with Crippen LogP contribution in [0.3, 0.4) is 0 Å². The van der Waals surface area contributed by atoms with E-state index in [4.69, 9.17) is 19.9 Å². The average molecular weight is 293 g/mol. The molecule has 0 saturated heterocycles. The minimum atomic E-state index is -0.137. The highest BCUT2D eigenvalue weighted by molar-refractivity contribution is 5.43. The number of rotatable bonds is 6. The summed E-state index contributed by atoms with van der Waals surface area (Å²) >= 11 is 0. The Bertz CT molecular complexity index is 450. The minimum absolute atomic E-state index is 0.137. The highest BCUT2D eigenvalue weighted by Crippen LogP contribution is 2.30. The van der Waals surface area contributed by atoms with Crippen LogP contribution >= 0.6 is 0 Å². The lowest BCUT2D eigenvalue weighted by Gasteiger charge is -2.28. The van der Waals surface area contributed by atoms with E-state index in [1.54, 1.807) is 14.2 Å². The molecule has 4 nitrogen and oxygen atoms in total. The molecule has 1 aliphatic carbocycles. The number of nitrogens with two attached hydrogens (primary N) is 1. The fourth-order valence-corrected chi connectivity index (χ4v) is 2.95. The van der Waals surface area contributed by atoms with Crippen molar-refractivity contribution in [3.8, 4) is 11.5 Å². The molecule has 0 amide bonds. The van der Waals surface area contributed by atoms with Gasteiger partial charge in [0, 0.05) is 0 Å². The fraction of sp³-hybridized carbons (Fsp3) is 0.647. The Hall–Kier alpha value is -1.26. The predicted molar refractivity (Wildman–Crippen MR) is 83.8 cm³/mol. The average Bonchev–Trinajstić information content (AvgIpc) is 2.52. The lowest BCUT2D eigenvalue weighted by molar-refractivity contribution is 0.00849. The molecule has 3 unspecified atom stereocenters. The van der Waals surface area contributed by atoms with Crippen molar-refractivity contribution in [3.05, 3.63) is 23.8 Å². The van der Waals surface area contributed by atoms with E-state index >= 15 is 0 Å². The minimum Gasteiger partial charge on any atom is -0.493 e. The largest absolute Gasteiger partial charge is 0.493 e. The molecular weight excluding hydrogens is 266 g/mol. The summed E-state index contributed by atoms with van der Waals surface area (Å²) in [6, 6.07) is 5.65. The van der Waals surface area contributed by atoms with Crippen molar-refractivity contribution in [2.75, 3.05) is 20.8 Å². The molecule has 0 aliphatic heterocycles. The van der Waals surface area contributed by atoms with Crippen molar-refractivity contribution in [3.63, 3.8) is 0 Å². The van der Waals surface area contributed by atoms with Crippen LogP contribution in [-0.4, -0.2) is 26.9 Å². The lowest BCUT2D eigenvalue weighted by Crippen LogP contribution is -2.26. The Morgan fingerprint density at radius 2 is 1.95 bits per heavy atom. The Balaban J connectivity index is 1.92. The molecule has 2 rings (SSSR count). The molecule has 0 spiro atoms. The molecule has 4 heteroatoms. The van der Waals surface area contributed by atoms with E-state index in [2.05, 4.69) is 6.92 Å². The van der Waals surface area contributed by atoms with E-state index < -0.39 is 0 Å². The highest BCUT2D eigenvalue weighted by Gasteiger charge is 2.20. The van der Waals surface area contributed by atoms with Crippen molar-refractivity contribution in [1.29, 1.82) is 0 Å². The maximum atomic E-state index is 6.24. The monoisotopic (exact) mass is 293 g/mol. The van der Waals surface area contributed by atoms with Crippen LogP contribution in [0.25, 0.3) is 0 Å². The normalized spacial score (nSPS) is 23.6. The first-order chi connectivity index (χ1) is 10.1. The van der Waals surface area contributed by atoms with Gasteiger partial charge in [-0.3, -0.25) is 0 Å². The predicted octanol–water partition coefficient (Wildman–Crippen LogP) is 3.30. The van der Waals surface area contributed by atoms with Gasteiger partial charge in [-0.05, 0) is 36.5 Å². The third-order valence-electron chi connectivity index (χ3n) is 4.24. The topological polar surface area (TPSA) is 53.7 Å². The standard InChI is InChI=1S/C17H27NO3/c1-12-5-4-6-14(9-12)21-11-15(18)13-7-8-16(19-2)17(10-13)20-3/h7-8,10,12,14-15H,4-6,9,11,18H2,1-3H3. The van der Waals surface area contributed by atoms with E-state index in [1.165, 1.54) is 12.8 Å². The molecule has 1 fully saturated rings. The molecule has 0 heterocycles. The molecule has 1 aliphatic rings. The maximum Gasteiger partial charge on any atom is 0.161 e. The summed E-state index contributed by atoms with van der Waals surface area (Å²) in [5, 5.41) is 0. The van der Waals surface area contributed by atoms with Gasteiger partial charge < -0.3 is 19.9 Å². The van der Waals surface area contributed by atoms with Crippen LogP contribution in [-0.2, 0) is 4.74 Å². The van der Waals surface area contributed by atoms with Crippen LogP contribution in [0.4, 0.5) is 0 Å². The van der Waals surface area contributed by atoms with E-state index in [-0.39, 0.29) is 6.04 Å². The summed E-state index contributed by atoms with van der Waals surface area (Å²) in [7, 11) is 3.26. The Labute approximate surface area is 127 Å². The van der Waals surface area contributed by atoms with Crippen molar-refractivity contribution in [2.24, 2.45) is 11.7 Å². The molecule has 2 N–H and O–H groups in total. The Kier molecular flexibility index (Phi) is 5.88. The van der Waals surface area contributed by atoms with Gasteiger partial charge in [-0.25, -0.2) is 0 Å². The van der Waals surface area contributed by atoms with Gasteiger partial charge >= 0.3 is 0 Å². The van der Waals surface area contributed by atoms with Crippen molar-refractivity contribution < 1.29 is 14.2 Å². The second kappa shape index (κ2) is 7.66. The zero-order chi connectivity index (χ0) is 15.2. The number of ether oxygens (including phenoxy) is 3. The zero-order valence-electron chi connectivity index (χ0n) is 13.3. The van der Waals surface area contributed by atoms with Crippen molar-refractivity contribution in [2.45, 2.75) is 44.8 Å². The first kappa shape index (κ1) is 16.1. The molecule has 1 saturated carbocycles. The smallest absolute Gasteiger partial charge is 0.161 e. The highest BCUT2D eigenvalue weighted by atomic mass is 16.5. The number of hydrogen-bond acceptors (Lipinski definition) is 4. The zero-order valence-corrected chi connectivity index (χ0v) is 13.3. The first-order valence-electron chi connectivity index (χ1n) is 7.73. The van der Waals surface area contributed by atoms with Crippen LogP contribution in [0, 0.1) is 5.92 Å². The van der Waals surface area contributed by atoms with Crippen LogP contribution in [0.5, 0.6) is 11.5 Å². The van der Waals surface area contributed by atoms with Gasteiger partial charge in [-0.2, -0.15) is 0 Å². The molecule has 118 valence electrons. The summed E-state index contributed by atoms with van der Waals surface area (Å²) in [4.78, 5) is 0. The number of methoxy groups -OCH3 is 2. The molecular formula is C17H27NO3. The third-order valence-corrected chi connectivity index (χ3v) is 4.24. The first-order valence-corrected chi connectivity index (χ1v) is 7.73. The van der Waals surface area contributed by atoms with Crippen LogP contribution < -0.4 is 15.2 Å². The maximum absolute atomic E-state index is 6.24. The second-order valence-corrected chi connectivity index (χ2v) is 5.95. The summed E-state index contributed by atoms with van der Waals surface area (Å²) in [6.07, 6.45) is 5.25. The molecule has 1 aromatic rings. The van der Waals surface area contributed by atoms with Crippen molar-refractivity contribution >= 4 is 0 Å². The number of hydrogen-bond donors (Lipinski definition) is 1. The van der Waals surface area contributed by atoms with E-state index in [0.717, 1.165) is 30.1 Å². The molecule has 1 aromatic carbocycles. The summed E-state index contributed by atoms with van der Waals surface area (Å²) in [6.45, 7) is 2.84. The fourth-order valence-electron chi connectivity index (χ4n) is 2.95. The van der Waals surface area contributed by atoms with Gasteiger partial charge in [-0.15, -0.1) is 0 Å². The van der Waals surface area contributed by atoms with Gasteiger partial charge in [-0.1, -0.05) is 25.8 Å².